The van der Waals surface area contributed by atoms with Gasteiger partial charge in [-0.25, -0.2) is 14.1 Å². The zero-order chi connectivity index (χ0) is 24.9. The zero-order valence-electron chi connectivity index (χ0n) is 19.2. The summed E-state index contributed by atoms with van der Waals surface area (Å²) in [5.74, 6) is -1.20. The van der Waals surface area contributed by atoms with Crippen molar-refractivity contribution in [3.63, 3.8) is 0 Å². The first-order valence-electron chi connectivity index (χ1n) is 11.0. The molecule has 0 atom stereocenters. The van der Waals surface area contributed by atoms with Gasteiger partial charge in [-0.2, -0.15) is 0 Å². The van der Waals surface area contributed by atoms with Crippen LogP contribution in [0.1, 0.15) is 23.6 Å². The molecule has 178 valence electrons. The average Bonchev–Trinajstić information content (AvgIpc) is 2.86. The van der Waals surface area contributed by atoms with E-state index in [0.29, 0.717) is 28.3 Å². The zero-order valence-corrected chi connectivity index (χ0v) is 19.2. The quantitative estimate of drug-likeness (QED) is 0.398. The van der Waals surface area contributed by atoms with Gasteiger partial charge in [0.1, 0.15) is 18.0 Å². The van der Waals surface area contributed by atoms with Crippen molar-refractivity contribution < 1.29 is 28.2 Å². The highest BCUT2D eigenvalue weighted by molar-refractivity contribution is 6.39. The standard InChI is InChI=1S/C27H23FN2O5/c1-3-17-8-11-20(12-9-17)30-26(32)21(25(31)29-27(30)33)14-18-10-13-23(24(15-18)34-2)35-16-19-6-4-5-7-22(19)28/h4-15H,3,16H2,1-2H3,(H,29,31,33)/b21-14-. The molecule has 3 aromatic carbocycles. The maximum absolute atomic E-state index is 13.9. The first-order chi connectivity index (χ1) is 16.9. The molecule has 1 fully saturated rings. The molecule has 0 saturated carbocycles. The predicted molar refractivity (Wildman–Crippen MR) is 129 cm³/mol. The number of anilines is 1. The summed E-state index contributed by atoms with van der Waals surface area (Å²) in [5, 5.41) is 2.21. The lowest BCUT2D eigenvalue weighted by Gasteiger charge is -2.26. The Hall–Kier alpha value is -4.46. The van der Waals surface area contributed by atoms with Crippen LogP contribution in [0.15, 0.2) is 72.3 Å². The lowest BCUT2D eigenvalue weighted by Crippen LogP contribution is -2.54. The molecular weight excluding hydrogens is 451 g/mol. The molecule has 3 aromatic rings. The van der Waals surface area contributed by atoms with E-state index in [9.17, 15) is 18.8 Å². The summed E-state index contributed by atoms with van der Waals surface area (Å²) >= 11 is 0. The lowest BCUT2D eigenvalue weighted by molar-refractivity contribution is -0.122. The number of nitrogens with one attached hydrogen (secondary N) is 1. The van der Waals surface area contributed by atoms with E-state index >= 15 is 0 Å². The number of urea groups is 1. The number of hydrogen-bond acceptors (Lipinski definition) is 5. The summed E-state index contributed by atoms with van der Waals surface area (Å²) in [6.07, 6.45) is 2.19. The van der Waals surface area contributed by atoms with Crippen LogP contribution in [0.4, 0.5) is 14.9 Å². The highest BCUT2D eigenvalue weighted by Crippen LogP contribution is 2.31. The predicted octanol–water partition coefficient (Wildman–Crippen LogP) is 4.64. The van der Waals surface area contributed by atoms with Crippen molar-refractivity contribution in [1.82, 2.24) is 5.32 Å². The Labute approximate surface area is 201 Å². The fourth-order valence-corrected chi connectivity index (χ4v) is 3.60. The van der Waals surface area contributed by atoms with Gasteiger partial charge in [0.25, 0.3) is 11.8 Å². The van der Waals surface area contributed by atoms with Crippen LogP contribution < -0.4 is 19.7 Å². The van der Waals surface area contributed by atoms with Crippen molar-refractivity contribution in [2.24, 2.45) is 0 Å². The number of hydrogen-bond donors (Lipinski definition) is 1. The Balaban J connectivity index is 1.59. The molecule has 1 N–H and O–H groups in total. The monoisotopic (exact) mass is 474 g/mol. The molecule has 1 aliphatic heterocycles. The van der Waals surface area contributed by atoms with E-state index in [1.807, 2.05) is 19.1 Å². The van der Waals surface area contributed by atoms with E-state index < -0.39 is 17.8 Å². The van der Waals surface area contributed by atoms with E-state index in [-0.39, 0.29) is 18.0 Å². The van der Waals surface area contributed by atoms with Crippen LogP contribution in [-0.2, 0) is 22.6 Å². The van der Waals surface area contributed by atoms with Gasteiger partial charge in [-0.3, -0.25) is 14.9 Å². The maximum atomic E-state index is 13.9. The van der Waals surface area contributed by atoms with Crippen molar-refractivity contribution in [2.75, 3.05) is 12.0 Å². The first kappa shape index (κ1) is 23.7. The van der Waals surface area contributed by atoms with Gasteiger partial charge in [-0.15, -0.1) is 0 Å². The molecule has 0 bridgehead atoms. The van der Waals surface area contributed by atoms with Crippen molar-refractivity contribution in [3.05, 3.63) is 94.8 Å². The molecule has 0 radical (unpaired) electrons. The second-order valence-corrected chi connectivity index (χ2v) is 7.77. The number of imide groups is 2. The fourth-order valence-electron chi connectivity index (χ4n) is 3.60. The summed E-state index contributed by atoms with van der Waals surface area (Å²) < 4.78 is 25.0. The fraction of sp³-hybridized carbons (Fsp3) is 0.148. The number of rotatable bonds is 7. The van der Waals surface area contributed by atoms with Gasteiger partial charge >= 0.3 is 6.03 Å². The average molecular weight is 474 g/mol. The third-order valence-corrected chi connectivity index (χ3v) is 5.54. The SMILES string of the molecule is CCc1ccc(N2C(=O)NC(=O)/C(=C/c3ccc(OCc4ccccc4F)c(OC)c3)C2=O)cc1. The number of benzene rings is 3. The largest absolute Gasteiger partial charge is 0.493 e. The molecule has 1 aliphatic rings. The molecule has 7 nitrogen and oxygen atoms in total. The van der Waals surface area contributed by atoms with Crippen LogP contribution in [0.2, 0.25) is 0 Å². The topological polar surface area (TPSA) is 84.9 Å². The summed E-state index contributed by atoms with van der Waals surface area (Å²) in [7, 11) is 1.45. The van der Waals surface area contributed by atoms with E-state index in [0.717, 1.165) is 16.9 Å². The highest BCUT2D eigenvalue weighted by atomic mass is 19.1. The Morgan fingerprint density at radius 1 is 0.971 bits per heavy atom. The Morgan fingerprint density at radius 2 is 1.71 bits per heavy atom. The molecule has 8 heteroatoms. The summed E-state index contributed by atoms with van der Waals surface area (Å²) in [6, 6.07) is 17.3. The second-order valence-electron chi connectivity index (χ2n) is 7.77. The second kappa shape index (κ2) is 10.2. The summed E-state index contributed by atoms with van der Waals surface area (Å²) in [6.45, 7) is 2.00. The Bertz CT molecular complexity index is 1320. The van der Waals surface area contributed by atoms with Gasteiger partial charge in [-0.1, -0.05) is 43.3 Å². The highest BCUT2D eigenvalue weighted by Gasteiger charge is 2.36. The Morgan fingerprint density at radius 3 is 2.40 bits per heavy atom. The van der Waals surface area contributed by atoms with Gasteiger partial charge < -0.3 is 9.47 Å². The van der Waals surface area contributed by atoms with E-state index in [2.05, 4.69) is 5.32 Å². The van der Waals surface area contributed by atoms with Crippen molar-refractivity contribution in [1.29, 1.82) is 0 Å². The van der Waals surface area contributed by atoms with Crippen LogP contribution >= 0.6 is 0 Å². The smallest absolute Gasteiger partial charge is 0.335 e. The first-order valence-corrected chi connectivity index (χ1v) is 11.0. The van der Waals surface area contributed by atoms with Crippen LogP contribution in [0.3, 0.4) is 0 Å². The van der Waals surface area contributed by atoms with Crippen LogP contribution in [-0.4, -0.2) is 25.0 Å². The van der Waals surface area contributed by atoms with Crippen molar-refractivity contribution in [2.45, 2.75) is 20.0 Å². The molecule has 0 unspecified atom stereocenters. The number of aryl methyl sites for hydroxylation is 1. The molecular formula is C27H23FN2O5. The van der Waals surface area contributed by atoms with Gasteiger partial charge in [-0.05, 0) is 54.0 Å². The number of nitrogens with zero attached hydrogens (tertiary/aromatic N) is 1. The molecule has 1 saturated heterocycles. The van der Waals surface area contributed by atoms with Crippen LogP contribution in [0.25, 0.3) is 6.08 Å². The minimum Gasteiger partial charge on any atom is -0.493 e. The number of carbonyl (C=O) groups is 3. The number of ether oxygens (including phenoxy) is 2. The Kier molecular flexibility index (Phi) is 6.91. The molecule has 0 spiro atoms. The van der Waals surface area contributed by atoms with E-state index in [4.69, 9.17) is 9.47 Å². The normalized spacial score (nSPS) is 14.8. The molecule has 4 rings (SSSR count). The number of amides is 4. The molecule has 0 aliphatic carbocycles. The maximum Gasteiger partial charge on any atom is 0.335 e. The van der Waals surface area contributed by atoms with Crippen LogP contribution in [0.5, 0.6) is 11.5 Å². The third-order valence-electron chi connectivity index (χ3n) is 5.54. The summed E-state index contributed by atoms with van der Waals surface area (Å²) in [5.41, 5.74) is 2.08. The third kappa shape index (κ3) is 5.06. The van der Waals surface area contributed by atoms with Gasteiger partial charge in [0, 0.05) is 5.56 Å². The number of barbiturate groups is 1. The number of carbonyl (C=O) groups excluding carboxylic acids is 3. The van der Waals surface area contributed by atoms with Crippen molar-refractivity contribution >= 4 is 29.6 Å². The van der Waals surface area contributed by atoms with Crippen molar-refractivity contribution in [3.8, 4) is 11.5 Å². The number of halogens is 1. The van der Waals surface area contributed by atoms with E-state index in [1.54, 1.807) is 48.5 Å². The van der Waals surface area contributed by atoms with Gasteiger partial charge in [0.15, 0.2) is 11.5 Å². The molecule has 1 heterocycles. The molecule has 35 heavy (non-hydrogen) atoms. The molecule has 4 amide bonds. The van der Waals surface area contributed by atoms with Gasteiger partial charge in [0.2, 0.25) is 0 Å². The van der Waals surface area contributed by atoms with E-state index in [1.165, 1.54) is 19.3 Å². The minimum atomic E-state index is -0.809. The summed E-state index contributed by atoms with van der Waals surface area (Å²) in [4.78, 5) is 38.9. The van der Waals surface area contributed by atoms with Gasteiger partial charge in [0.05, 0.1) is 12.8 Å². The minimum absolute atomic E-state index is 0.00173. The van der Waals surface area contributed by atoms with Crippen LogP contribution in [0, 0.1) is 5.82 Å². The lowest BCUT2D eigenvalue weighted by atomic mass is 10.1. The number of methoxy groups -OCH3 is 1. The molecule has 0 aromatic heterocycles.